The number of hydrogen-bond donors (Lipinski definition) is 1. The highest BCUT2D eigenvalue weighted by molar-refractivity contribution is 5.80. The summed E-state index contributed by atoms with van der Waals surface area (Å²) in [6, 6.07) is 0. The monoisotopic (exact) mass is 269 g/mol. The Bertz CT molecular complexity index is 312. The summed E-state index contributed by atoms with van der Waals surface area (Å²) in [6.07, 6.45) is 2.83. The summed E-state index contributed by atoms with van der Waals surface area (Å²) in [5.74, 6) is 0.777. The Morgan fingerprint density at radius 3 is 2.32 bits per heavy atom. The summed E-state index contributed by atoms with van der Waals surface area (Å²) in [5, 5.41) is 3.10. The zero-order valence-electron chi connectivity index (χ0n) is 12.4. The molecule has 1 heterocycles. The predicted octanol–water partition coefficient (Wildman–Crippen LogP) is 0.165. The third-order valence-corrected chi connectivity index (χ3v) is 4.41. The van der Waals surface area contributed by atoms with Crippen molar-refractivity contribution in [3.8, 4) is 0 Å². The van der Waals surface area contributed by atoms with E-state index >= 15 is 0 Å². The molecular formula is C14H27N3O2. The number of nitrogens with one attached hydrogen (secondary N) is 1. The van der Waals surface area contributed by atoms with Crippen LogP contribution >= 0.6 is 0 Å². The molecule has 19 heavy (non-hydrogen) atoms. The highest BCUT2D eigenvalue weighted by Crippen LogP contribution is 2.29. The SMILES string of the molecule is CNC(C)(CN1CCN(CC2CC2)CC1)C(=O)OC. The van der Waals surface area contributed by atoms with E-state index in [0.717, 1.165) is 32.1 Å². The van der Waals surface area contributed by atoms with E-state index in [2.05, 4.69) is 15.1 Å². The van der Waals surface area contributed by atoms with Gasteiger partial charge in [-0.15, -0.1) is 0 Å². The molecule has 2 rings (SSSR count). The van der Waals surface area contributed by atoms with E-state index in [1.54, 1.807) is 0 Å². The van der Waals surface area contributed by atoms with Crippen molar-refractivity contribution in [3.05, 3.63) is 0 Å². The average molecular weight is 269 g/mol. The molecule has 1 unspecified atom stereocenters. The van der Waals surface area contributed by atoms with Gasteiger partial charge in [0.2, 0.25) is 0 Å². The van der Waals surface area contributed by atoms with Gasteiger partial charge in [0.15, 0.2) is 0 Å². The van der Waals surface area contributed by atoms with Gasteiger partial charge in [0.25, 0.3) is 0 Å². The normalized spacial score (nSPS) is 25.0. The molecule has 0 spiro atoms. The lowest BCUT2D eigenvalue weighted by Crippen LogP contribution is -2.59. The Morgan fingerprint density at radius 2 is 1.84 bits per heavy atom. The molecule has 5 nitrogen and oxygen atoms in total. The van der Waals surface area contributed by atoms with Crippen LogP contribution in [0.3, 0.4) is 0 Å². The van der Waals surface area contributed by atoms with Crippen LogP contribution in [-0.4, -0.2) is 74.7 Å². The quantitative estimate of drug-likeness (QED) is 0.696. The summed E-state index contributed by atoms with van der Waals surface area (Å²) >= 11 is 0. The maximum atomic E-state index is 11.8. The third kappa shape index (κ3) is 3.91. The molecule has 0 amide bonds. The Kier molecular flexibility index (Phi) is 4.81. The molecule has 0 radical (unpaired) electrons. The molecule has 5 heteroatoms. The van der Waals surface area contributed by atoms with E-state index in [9.17, 15) is 4.79 Å². The molecule has 2 aliphatic rings. The van der Waals surface area contributed by atoms with Gasteiger partial charge in [0.1, 0.15) is 5.54 Å². The van der Waals surface area contributed by atoms with Crippen molar-refractivity contribution in [3.63, 3.8) is 0 Å². The van der Waals surface area contributed by atoms with Gasteiger partial charge in [0.05, 0.1) is 7.11 Å². The Balaban J connectivity index is 1.78. The minimum absolute atomic E-state index is 0.185. The molecule has 110 valence electrons. The fourth-order valence-electron chi connectivity index (χ4n) is 2.71. The maximum absolute atomic E-state index is 11.8. The lowest BCUT2D eigenvalue weighted by Gasteiger charge is -2.39. The number of carbonyl (C=O) groups excluding carboxylic acids is 1. The highest BCUT2D eigenvalue weighted by Gasteiger charge is 2.36. The van der Waals surface area contributed by atoms with Gasteiger partial charge in [-0.2, -0.15) is 0 Å². The standard InChI is InChI=1S/C14H27N3O2/c1-14(15-2,13(18)19-3)11-17-8-6-16(7-9-17)10-12-4-5-12/h12,15H,4-11H2,1-3H3. The number of nitrogens with zero attached hydrogens (tertiary/aromatic N) is 2. The van der Waals surface area contributed by atoms with Crippen LogP contribution < -0.4 is 5.32 Å². The van der Waals surface area contributed by atoms with E-state index < -0.39 is 5.54 Å². The second kappa shape index (κ2) is 6.20. The summed E-state index contributed by atoms with van der Waals surface area (Å²) in [7, 11) is 3.27. The average Bonchev–Trinajstić information content (AvgIpc) is 3.24. The van der Waals surface area contributed by atoms with Crippen molar-refractivity contribution in [2.24, 2.45) is 5.92 Å². The van der Waals surface area contributed by atoms with Gasteiger partial charge in [-0.25, -0.2) is 0 Å². The fourth-order valence-corrected chi connectivity index (χ4v) is 2.71. The van der Waals surface area contributed by atoms with Gasteiger partial charge in [-0.3, -0.25) is 9.69 Å². The van der Waals surface area contributed by atoms with E-state index in [0.29, 0.717) is 6.54 Å². The molecule has 0 aromatic carbocycles. The number of likely N-dealkylation sites (N-methyl/N-ethyl adjacent to an activating group) is 1. The van der Waals surface area contributed by atoms with Gasteiger partial charge < -0.3 is 15.0 Å². The van der Waals surface area contributed by atoms with Gasteiger partial charge in [0, 0.05) is 39.3 Å². The zero-order chi connectivity index (χ0) is 13.9. The molecule has 1 atom stereocenters. The van der Waals surface area contributed by atoms with Crippen molar-refractivity contribution >= 4 is 5.97 Å². The number of esters is 1. The molecule has 1 saturated heterocycles. The van der Waals surface area contributed by atoms with Crippen LogP contribution in [0.5, 0.6) is 0 Å². The second-order valence-corrected chi connectivity index (χ2v) is 6.09. The van der Waals surface area contributed by atoms with Crippen LogP contribution in [0.2, 0.25) is 0 Å². The van der Waals surface area contributed by atoms with Crippen LogP contribution in [0.4, 0.5) is 0 Å². The molecule has 1 saturated carbocycles. The van der Waals surface area contributed by atoms with Crippen LogP contribution in [0.15, 0.2) is 0 Å². The van der Waals surface area contributed by atoms with Crippen molar-refractivity contribution in [1.82, 2.24) is 15.1 Å². The number of methoxy groups -OCH3 is 1. The first-order chi connectivity index (χ1) is 9.07. The van der Waals surface area contributed by atoms with E-state index in [4.69, 9.17) is 4.74 Å². The second-order valence-electron chi connectivity index (χ2n) is 6.09. The van der Waals surface area contributed by atoms with Gasteiger partial charge in [-0.1, -0.05) is 0 Å². The number of piperazine rings is 1. The number of ether oxygens (including phenoxy) is 1. The molecule has 0 bridgehead atoms. The number of carbonyl (C=O) groups is 1. The van der Waals surface area contributed by atoms with Crippen molar-refractivity contribution < 1.29 is 9.53 Å². The Hall–Kier alpha value is -0.650. The van der Waals surface area contributed by atoms with Gasteiger partial charge >= 0.3 is 5.97 Å². The molecule has 2 fully saturated rings. The number of rotatable bonds is 6. The summed E-state index contributed by atoms with van der Waals surface area (Å²) in [4.78, 5) is 16.8. The third-order valence-electron chi connectivity index (χ3n) is 4.41. The van der Waals surface area contributed by atoms with Gasteiger partial charge in [-0.05, 0) is 32.7 Å². The first kappa shape index (κ1) is 14.8. The van der Waals surface area contributed by atoms with Crippen molar-refractivity contribution in [2.75, 3.05) is 53.4 Å². The minimum atomic E-state index is -0.604. The first-order valence-corrected chi connectivity index (χ1v) is 7.29. The molecule has 1 aliphatic heterocycles. The van der Waals surface area contributed by atoms with Crippen molar-refractivity contribution in [2.45, 2.75) is 25.3 Å². The lowest BCUT2D eigenvalue weighted by molar-refractivity contribution is -0.148. The summed E-state index contributed by atoms with van der Waals surface area (Å²) < 4.78 is 4.89. The lowest BCUT2D eigenvalue weighted by atomic mass is 10.0. The van der Waals surface area contributed by atoms with Crippen molar-refractivity contribution in [1.29, 1.82) is 0 Å². The van der Waals surface area contributed by atoms with Crippen LogP contribution in [-0.2, 0) is 9.53 Å². The Morgan fingerprint density at radius 1 is 1.26 bits per heavy atom. The first-order valence-electron chi connectivity index (χ1n) is 7.29. The molecule has 0 aromatic heterocycles. The molecule has 1 N–H and O–H groups in total. The minimum Gasteiger partial charge on any atom is -0.468 e. The number of hydrogen-bond acceptors (Lipinski definition) is 5. The maximum Gasteiger partial charge on any atom is 0.327 e. The van der Waals surface area contributed by atoms with E-state index in [-0.39, 0.29) is 5.97 Å². The smallest absolute Gasteiger partial charge is 0.327 e. The van der Waals surface area contributed by atoms with Crippen LogP contribution in [0.25, 0.3) is 0 Å². The van der Waals surface area contributed by atoms with Crippen LogP contribution in [0.1, 0.15) is 19.8 Å². The molecule has 1 aliphatic carbocycles. The topological polar surface area (TPSA) is 44.8 Å². The zero-order valence-corrected chi connectivity index (χ0v) is 12.4. The molecular weight excluding hydrogens is 242 g/mol. The summed E-state index contributed by atoms with van der Waals surface area (Å²) in [5.41, 5.74) is -0.604. The summed E-state index contributed by atoms with van der Waals surface area (Å²) in [6.45, 7) is 8.23. The Labute approximate surface area is 116 Å². The van der Waals surface area contributed by atoms with E-state index in [1.807, 2.05) is 14.0 Å². The predicted molar refractivity (Wildman–Crippen MR) is 75.1 cm³/mol. The van der Waals surface area contributed by atoms with Crippen LogP contribution in [0, 0.1) is 5.92 Å². The molecule has 0 aromatic rings. The highest BCUT2D eigenvalue weighted by atomic mass is 16.5. The largest absolute Gasteiger partial charge is 0.468 e. The fraction of sp³-hybridized carbons (Fsp3) is 0.929. The van der Waals surface area contributed by atoms with E-state index in [1.165, 1.54) is 26.5 Å².